The Morgan fingerprint density at radius 1 is 1.06 bits per heavy atom. The van der Waals surface area contributed by atoms with Gasteiger partial charge in [-0.3, -0.25) is 9.36 Å². The van der Waals surface area contributed by atoms with Crippen molar-refractivity contribution in [2.45, 2.75) is 47.9 Å². The first-order valence-electron chi connectivity index (χ1n) is 10.4. The molecule has 1 aromatic heterocycles. The summed E-state index contributed by atoms with van der Waals surface area (Å²) >= 11 is 0. The number of nitrogens with two attached hydrogens (primary N) is 1. The fourth-order valence-corrected chi connectivity index (χ4v) is 4.66. The first kappa shape index (κ1) is 24.4. The van der Waals surface area contributed by atoms with Gasteiger partial charge < -0.3 is 45.8 Å². The van der Waals surface area contributed by atoms with Crippen molar-refractivity contribution in [1.29, 1.82) is 0 Å². The fraction of sp³-hybridized carbons (Fsp3) is 0.476. The van der Waals surface area contributed by atoms with E-state index in [4.69, 9.17) is 15.2 Å². The second-order valence-corrected chi connectivity index (χ2v) is 8.21. The van der Waals surface area contributed by atoms with Gasteiger partial charge in [0, 0.05) is 11.8 Å². The minimum atomic E-state index is -2.97. The second-order valence-electron chi connectivity index (χ2n) is 8.21. The van der Waals surface area contributed by atoms with Gasteiger partial charge in [0.25, 0.3) is 0 Å². The molecular formula is C21H25N3O10. The van der Waals surface area contributed by atoms with Crippen molar-refractivity contribution < 1.29 is 44.9 Å². The minimum absolute atomic E-state index is 0.0674. The molecule has 1 unspecified atom stereocenters. The van der Waals surface area contributed by atoms with Crippen molar-refractivity contribution >= 4 is 11.6 Å². The molecule has 2 aliphatic rings. The molecule has 0 saturated carbocycles. The summed E-state index contributed by atoms with van der Waals surface area (Å²) in [5.74, 6) is -1.26. The molecule has 34 heavy (non-hydrogen) atoms. The molecule has 13 nitrogen and oxygen atoms in total. The number of ether oxygens (including phenoxy) is 2. The van der Waals surface area contributed by atoms with E-state index in [1.54, 1.807) is 6.07 Å². The highest BCUT2D eigenvalue weighted by atomic mass is 16.6. The van der Waals surface area contributed by atoms with Crippen LogP contribution in [0, 0.1) is 0 Å². The monoisotopic (exact) mass is 479 g/mol. The number of Topliss-reactive ketones (excluding diaryl/α,β-unsaturated/α-hetero) is 1. The van der Waals surface area contributed by atoms with Gasteiger partial charge in [-0.25, -0.2) is 4.79 Å². The molecule has 2 aliphatic heterocycles. The third kappa shape index (κ3) is 3.29. The van der Waals surface area contributed by atoms with Crippen molar-refractivity contribution in [3.8, 4) is 0 Å². The van der Waals surface area contributed by atoms with Gasteiger partial charge in [-0.1, -0.05) is 30.3 Å². The van der Waals surface area contributed by atoms with Gasteiger partial charge in [0.15, 0.2) is 5.60 Å². The molecule has 2 saturated heterocycles. The van der Waals surface area contributed by atoms with Crippen LogP contribution in [-0.4, -0.2) is 101 Å². The zero-order chi connectivity index (χ0) is 24.8. The molecule has 0 bridgehead atoms. The number of aliphatic hydroxyl groups is 6. The summed E-state index contributed by atoms with van der Waals surface area (Å²) in [6.45, 7) is -1.67. The molecule has 2 aromatic rings. The van der Waals surface area contributed by atoms with Crippen molar-refractivity contribution in [1.82, 2.24) is 9.55 Å². The van der Waals surface area contributed by atoms with Crippen LogP contribution < -0.4 is 11.4 Å². The Bertz CT molecular complexity index is 1110. The summed E-state index contributed by atoms with van der Waals surface area (Å²) in [7, 11) is 0. The summed E-state index contributed by atoms with van der Waals surface area (Å²) < 4.78 is 11.8. The van der Waals surface area contributed by atoms with Crippen LogP contribution in [0.15, 0.2) is 47.4 Å². The molecule has 8 N–H and O–H groups in total. The predicted molar refractivity (Wildman–Crippen MR) is 112 cm³/mol. The standard InChI is InChI=1S/C21H25N3O10/c22-13-6-7-24(19(31)23-13)21(16(29)10-4-2-1-3-5-10)20(32,17(30)12(9-26)34-21)18-15(28)14(27)11(8-25)33-18/h1-7,11-12,14-15,17-18,25-28,30,32H,8-9H2,(H2,22,23,31)/t11-,12-,14-,15-,17-,18?,20+,21-/m1/s1. The number of rotatable bonds is 6. The van der Waals surface area contributed by atoms with Crippen LogP contribution in [0.5, 0.6) is 0 Å². The maximum atomic E-state index is 14.0. The lowest BCUT2D eigenvalue weighted by Crippen LogP contribution is -2.71. The van der Waals surface area contributed by atoms with Crippen LogP contribution in [0.4, 0.5) is 5.82 Å². The third-order valence-electron chi connectivity index (χ3n) is 6.33. The van der Waals surface area contributed by atoms with E-state index in [0.29, 0.717) is 4.57 Å². The molecule has 3 heterocycles. The summed E-state index contributed by atoms with van der Waals surface area (Å²) in [6.07, 6.45) is -9.74. The average Bonchev–Trinajstić information content (AvgIpc) is 3.25. The Morgan fingerprint density at radius 2 is 1.71 bits per heavy atom. The molecule has 0 radical (unpaired) electrons. The molecule has 4 rings (SSSR count). The number of aliphatic hydroxyl groups excluding tert-OH is 5. The third-order valence-corrected chi connectivity index (χ3v) is 6.33. The Morgan fingerprint density at radius 3 is 2.26 bits per heavy atom. The number of hydrogen-bond acceptors (Lipinski definition) is 12. The summed E-state index contributed by atoms with van der Waals surface area (Å²) in [6, 6.07) is 8.48. The number of carbonyl (C=O) groups is 1. The average molecular weight is 479 g/mol. The SMILES string of the molecule is Nc1ccn([C@]2(C(=O)c3ccccc3)O[C@H](CO)[C@@H](O)[C@]2(O)C2O[C@H](CO)[C@@H](O)[C@H]2O)c(=O)n1. The fourth-order valence-electron chi connectivity index (χ4n) is 4.66. The molecule has 1 aromatic carbocycles. The van der Waals surface area contributed by atoms with Crippen molar-refractivity contribution in [2.75, 3.05) is 18.9 Å². The van der Waals surface area contributed by atoms with E-state index in [1.165, 1.54) is 24.3 Å². The quantitative estimate of drug-likeness (QED) is 0.199. The van der Waals surface area contributed by atoms with Gasteiger partial charge >= 0.3 is 5.69 Å². The van der Waals surface area contributed by atoms with E-state index in [2.05, 4.69) is 4.98 Å². The lowest BCUT2D eigenvalue weighted by molar-refractivity contribution is -0.230. The van der Waals surface area contributed by atoms with Crippen LogP contribution >= 0.6 is 0 Å². The van der Waals surface area contributed by atoms with E-state index in [0.717, 1.165) is 12.3 Å². The number of nitrogen functional groups attached to an aromatic ring is 1. The summed E-state index contributed by atoms with van der Waals surface area (Å²) in [5, 5.41) is 63.5. The number of benzene rings is 1. The van der Waals surface area contributed by atoms with Crippen LogP contribution in [-0.2, 0) is 15.2 Å². The van der Waals surface area contributed by atoms with Crippen molar-refractivity contribution in [3.05, 3.63) is 58.6 Å². The van der Waals surface area contributed by atoms with Gasteiger partial charge in [0.1, 0.15) is 42.4 Å². The van der Waals surface area contributed by atoms with Gasteiger partial charge in [0.05, 0.1) is 13.2 Å². The lowest BCUT2D eigenvalue weighted by atomic mass is 9.75. The summed E-state index contributed by atoms with van der Waals surface area (Å²) in [4.78, 5) is 30.5. The highest BCUT2D eigenvalue weighted by molar-refractivity contribution is 6.02. The highest BCUT2D eigenvalue weighted by Gasteiger charge is 2.76. The predicted octanol–water partition coefficient (Wildman–Crippen LogP) is -3.67. The number of aromatic nitrogens is 2. The van der Waals surface area contributed by atoms with E-state index in [9.17, 15) is 40.2 Å². The lowest BCUT2D eigenvalue weighted by Gasteiger charge is -2.44. The Labute approximate surface area is 192 Å². The van der Waals surface area contributed by atoms with E-state index in [-0.39, 0.29) is 11.4 Å². The molecule has 0 spiro atoms. The van der Waals surface area contributed by atoms with Crippen LogP contribution in [0.3, 0.4) is 0 Å². The van der Waals surface area contributed by atoms with Crippen LogP contribution in [0.1, 0.15) is 10.4 Å². The molecule has 0 amide bonds. The number of hydrogen-bond donors (Lipinski definition) is 7. The van der Waals surface area contributed by atoms with E-state index < -0.39 is 72.6 Å². The van der Waals surface area contributed by atoms with E-state index in [1.807, 2.05) is 0 Å². The number of anilines is 1. The maximum Gasteiger partial charge on any atom is 0.352 e. The number of carbonyl (C=O) groups excluding carboxylic acids is 1. The Kier molecular flexibility index (Phi) is 6.30. The zero-order valence-corrected chi connectivity index (χ0v) is 17.7. The van der Waals surface area contributed by atoms with Crippen molar-refractivity contribution in [2.24, 2.45) is 0 Å². The van der Waals surface area contributed by atoms with Crippen LogP contribution in [0.25, 0.3) is 0 Å². The van der Waals surface area contributed by atoms with Gasteiger partial charge in [-0.15, -0.1) is 0 Å². The minimum Gasteiger partial charge on any atom is -0.394 e. The summed E-state index contributed by atoms with van der Waals surface area (Å²) in [5.41, 5.74) is -1.46. The van der Waals surface area contributed by atoms with Gasteiger partial charge in [-0.2, -0.15) is 4.98 Å². The highest BCUT2D eigenvalue weighted by Crippen LogP contribution is 2.50. The second kappa shape index (κ2) is 8.79. The smallest absolute Gasteiger partial charge is 0.352 e. The number of nitrogens with zero attached hydrogens (tertiary/aromatic N) is 2. The van der Waals surface area contributed by atoms with Gasteiger partial charge in [0.2, 0.25) is 11.5 Å². The normalized spacial score (nSPS) is 37.7. The molecule has 8 atom stereocenters. The Balaban J connectivity index is 2.03. The van der Waals surface area contributed by atoms with Gasteiger partial charge in [-0.05, 0) is 6.07 Å². The largest absolute Gasteiger partial charge is 0.394 e. The molecule has 13 heteroatoms. The zero-order valence-electron chi connectivity index (χ0n) is 17.7. The number of ketones is 1. The van der Waals surface area contributed by atoms with Crippen molar-refractivity contribution in [3.63, 3.8) is 0 Å². The molecule has 0 aliphatic carbocycles. The molecule has 2 fully saturated rings. The maximum absolute atomic E-state index is 14.0. The molecule has 184 valence electrons. The first-order valence-corrected chi connectivity index (χ1v) is 10.4. The first-order chi connectivity index (χ1) is 16.1. The topological polar surface area (TPSA) is 218 Å². The van der Waals surface area contributed by atoms with Crippen LogP contribution in [0.2, 0.25) is 0 Å². The van der Waals surface area contributed by atoms with E-state index >= 15 is 0 Å². The Hall–Kier alpha value is -2.75. The molecular weight excluding hydrogens is 454 g/mol.